The Morgan fingerprint density at radius 2 is 1.80 bits per heavy atom. The molecule has 0 radical (unpaired) electrons. The first-order chi connectivity index (χ1) is 9.40. The normalized spacial score (nSPS) is 13.2. The molecule has 0 bridgehead atoms. The van der Waals surface area contributed by atoms with Crippen LogP contribution in [0.3, 0.4) is 0 Å². The Morgan fingerprint density at radius 1 is 1.15 bits per heavy atom. The third-order valence-corrected chi connectivity index (χ3v) is 3.76. The second-order valence-corrected chi connectivity index (χ2v) is 7.29. The zero-order valence-electron chi connectivity index (χ0n) is 13.2. The third-order valence-electron chi connectivity index (χ3n) is 3.23. The van der Waals surface area contributed by atoms with E-state index in [0.717, 1.165) is 29.8 Å². The first-order valence-corrected chi connectivity index (χ1v) is 8.33. The highest BCUT2D eigenvalue weighted by Crippen LogP contribution is 2.18. The number of ether oxygens (including phenoxy) is 1. The maximum atomic E-state index is 5.82. The van der Waals surface area contributed by atoms with Crippen molar-refractivity contribution in [1.29, 1.82) is 0 Å². The lowest BCUT2D eigenvalue weighted by atomic mass is 9.98. The summed E-state index contributed by atoms with van der Waals surface area (Å²) in [6.07, 6.45) is 3.59. The summed E-state index contributed by atoms with van der Waals surface area (Å²) in [6, 6.07) is 8.04. The van der Waals surface area contributed by atoms with Gasteiger partial charge in [0.05, 0.1) is 6.61 Å². The van der Waals surface area contributed by atoms with E-state index in [9.17, 15) is 0 Å². The molecule has 0 spiro atoms. The molecule has 1 unspecified atom stereocenters. The SMILES string of the molecule is CCCC(CCOc1ccc(Br)cc1)CNC(C)(C)C. The summed E-state index contributed by atoms with van der Waals surface area (Å²) in [5, 5.41) is 3.60. The summed E-state index contributed by atoms with van der Waals surface area (Å²) in [5.41, 5.74) is 0.193. The van der Waals surface area contributed by atoms with Gasteiger partial charge in [0.2, 0.25) is 0 Å². The lowest BCUT2D eigenvalue weighted by molar-refractivity contribution is 0.257. The summed E-state index contributed by atoms with van der Waals surface area (Å²) in [7, 11) is 0. The fourth-order valence-corrected chi connectivity index (χ4v) is 2.35. The molecule has 0 aliphatic heterocycles. The van der Waals surface area contributed by atoms with Gasteiger partial charge in [-0.1, -0.05) is 29.3 Å². The monoisotopic (exact) mass is 341 g/mol. The molecule has 1 atom stereocenters. The number of halogens is 1. The first-order valence-electron chi connectivity index (χ1n) is 7.54. The molecule has 0 heterocycles. The number of hydrogen-bond acceptors (Lipinski definition) is 2. The lowest BCUT2D eigenvalue weighted by Gasteiger charge is -2.25. The Bertz CT molecular complexity index is 370. The van der Waals surface area contributed by atoms with E-state index < -0.39 is 0 Å². The topological polar surface area (TPSA) is 21.3 Å². The highest BCUT2D eigenvalue weighted by molar-refractivity contribution is 9.10. The van der Waals surface area contributed by atoms with Crippen LogP contribution in [0.1, 0.15) is 47.0 Å². The lowest BCUT2D eigenvalue weighted by Crippen LogP contribution is -2.39. The van der Waals surface area contributed by atoms with Gasteiger partial charge in [0, 0.05) is 10.0 Å². The van der Waals surface area contributed by atoms with Gasteiger partial charge >= 0.3 is 0 Å². The number of rotatable bonds is 8. The van der Waals surface area contributed by atoms with Crippen LogP contribution in [-0.2, 0) is 0 Å². The van der Waals surface area contributed by atoms with E-state index in [1.807, 2.05) is 24.3 Å². The number of nitrogens with one attached hydrogen (secondary N) is 1. The van der Waals surface area contributed by atoms with Crippen LogP contribution in [0.15, 0.2) is 28.7 Å². The minimum atomic E-state index is 0.193. The molecule has 0 aliphatic carbocycles. The van der Waals surface area contributed by atoms with E-state index in [2.05, 4.69) is 48.9 Å². The predicted molar refractivity (Wildman–Crippen MR) is 90.4 cm³/mol. The zero-order chi connectivity index (χ0) is 15.0. The summed E-state index contributed by atoms with van der Waals surface area (Å²) in [5.74, 6) is 1.64. The van der Waals surface area contributed by atoms with Gasteiger partial charge in [-0.3, -0.25) is 0 Å². The first kappa shape index (κ1) is 17.5. The van der Waals surface area contributed by atoms with Crippen molar-refractivity contribution in [2.75, 3.05) is 13.2 Å². The smallest absolute Gasteiger partial charge is 0.119 e. The summed E-state index contributed by atoms with van der Waals surface area (Å²) in [4.78, 5) is 0. The maximum Gasteiger partial charge on any atom is 0.119 e. The third kappa shape index (κ3) is 7.91. The molecule has 0 aliphatic rings. The van der Waals surface area contributed by atoms with E-state index in [-0.39, 0.29) is 5.54 Å². The van der Waals surface area contributed by atoms with Crippen LogP contribution in [0.25, 0.3) is 0 Å². The molecule has 0 amide bonds. The Balaban J connectivity index is 2.33. The summed E-state index contributed by atoms with van der Waals surface area (Å²) in [6.45, 7) is 10.8. The molecule has 114 valence electrons. The van der Waals surface area contributed by atoms with Crippen molar-refractivity contribution < 1.29 is 4.74 Å². The second kappa shape index (κ2) is 8.68. The van der Waals surface area contributed by atoms with Crippen molar-refractivity contribution in [1.82, 2.24) is 5.32 Å². The molecule has 3 heteroatoms. The number of benzene rings is 1. The fourth-order valence-electron chi connectivity index (χ4n) is 2.08. The fraction of sp³-hybridized carbons (Fsp3) is 0.647. The molecule has 0 aromatic heterocycles. The quantitative estimate of drug-likeness (QED) is 0.716. The van der Waals surface area contributed by atoms with Crippen LogP contribution < -0.4 is 10.1 Å². The summed E-state index contributed by atoms with van der Waals surface area (Å²) >= 11 is 3.43. The van der Waals surface area contributed by atoms with Crippen molar-refractivity contribution in [2.45, 2.75) is 52.5 Å². The van der Waals surface area contributed by atoms with E-state index >= 15 is 0 Å². The van der Waals surface area contributed by atoms with Crippen LogP contribution in [0.2, 0.25) is 0 Å². The Labute approximate surface area is 132 Å². The standard InChI is InChI=1S/C17H28BrNO/c1-5-6-14(13-19-17(2,3)4)11-12-20-16-9-7-15(18)8-10-16/h7-10,14,19H,5-6,11-13H2,1-4H3. The van der Waals surface area contributed by atoms with Crippen molar-refractivity contribution >= 4 is 15.9 Å². The molecule has 1 rings (SSSR count). The van der Waals surface area contributed by atoms with Crippen LogP contribution in [0.4, 0.5) is 0 Å². The second-order valence-electron chi connectivity index (χ2n) is 6.38. The van der Waals surface area contributed by atoms with Crippen molar-refractivity contribution in [3.8, 4) is 5.75 Å². The molecule has 20 heavy (non-hydrogen) atoms. The minimum absolute atomic E-state index is 0.193. The molecule has 1 N–H and O–H groups in total. The molecule has 1 aromatic rings. The van der Waals surface area contributed by atoms with Gasteiger partial charge in [-0.05, 0) is 70.3 Å². The highest BCUT2D eigenvalue weighted by atomic mass is 79.9. The molecule has 0 saturated carbocycles. The van der Waals surface area contributed by atoms with Gasteiger partial charge in [0.25, 0.3) is 0 Å². The Morgan fingerprint density at radius 3 is 2.35 bits per heavy atom. The van der Waals surface area contributed by atoms with Crippen molar-refractivity contribution in [3.63, 3.8) is 0 Å². The zero-order valence-corrected chi connectivity index (χ0v) is 14.8. The van der Waals surface area contributed by atoms with Crippen molar-refractivity contribution in [2.24, 2.45) is 5.92 Å². The van der Waals surface area contributed by atoms with Crippen molar-refractivity contribution in [3.05, 3.63) is 28.7 Å². The Kier molecular flexibility index (Phi) is 7.60. The van der Waals surface area contributed by atoms with E-state index in [4.69, 9.17) is 4.74 Å². The molecule has 2 nitrogen and oxygen atoms in total. The molecule has 0 saturated heterocycles. The highest BCUT2D eigenvalue weighted by Gasteiger charge is 2.13. The van der Waals surface area contributed by atoms with Gasteiger partial charge in [-0.25, -0.2) is 0 Å². The van der Waals surface area contributed by atoms with Crippen LogP contribution >= 0.6 is 15.9 Å². The molecular formula is C17H28BrNO. The average Bonchev–Trinajstić information content (AvgIpc) is 2.37. The van der Waals surface area contributed by atoms with E-state index in [0.29, 0.717) is 5.92 Å². The van der Waals surface area contributed by atoms with Gasteiger partial charge in [-0.2, -0.15) is 0 Å². The average molecular weight is 342 g/mol. The maximum absolute atomic E-state index is 5.82. The molecule has 0 fully saturated rings. The minimum Gasteiger partial charge on any atom is -0.494 e. The van der Waals surface area contributed by atoms with E-state index in [1.165, 1.54) is 12.8 Å². The van der Waals surface area contributed by atoms with Crippen LogP contribution in [0.5, 0.6) is 5.75 Å². The molecule has 1 aromatic carbocycles. The number of hydrogen-bond donors (Lipinski definition) is 1. The van der Waals surface area contributed by atoms with Crippen LogP contribution in [-0.4, -0.2) is 18.7 Å². The van der Waals surface area contributed by atoms with Crippen LogP contribution in [0, 0.1) is 5.92 Å². The van der Waals surface area contributed by atoms with Gasteiger partial charge in [0.1, 0.15) is 5.75 Å². The van der Waals surface area contributed by atoms with Gasteiger partial charge in [-0.15, -0.1) is 0 Å². The van der Waals surface area contributed by atoms with Gasteiger partial charge in [0.15, 0.2) is 0 Å². The predicted octanol–water partition coefficient (Wildman–Crippen LogP) is 5.02. The van der Waals surface area contributed by atoms with Gasteiger partial charge < -0.3 is 10.1 Å². The van der Waals surface area contributed by atoms with E-state index in [1.54, 1.807) is 0 Å². The summed E-state index contributed by atoms with van der Waals surface area (Å²) < 4.78 is 6.91. The Hall–Kier alpha value is -0.540. The molecular weight excluding hydrogens is 314 g/mol. The largest absolute Gasteiger partial charge is 0.494 e.